The molecule has 0 bridgehead atoms. The molecule has 2 N–H and O–H groups in total. The van der Waals surface area contributed by atoms with Gasteiger partial charge < -0.3 is 15.2 Å². The van der Waals surface area contributed by atoms with Gasteiger partial charge in [-0.05, 0) is 30.3 Å². The second-order valence-corrected chi connectivity index (χ2v) is 5.72. The molecule has 1 aliphatic rings. The lowest BCUT2D eigenvalue weighted by Crippen LogP contribution is -2.44. The lowest BCUT2D eigenvalue weighted by molar-refractivity contribution is -0.124. The topological polar surface area (TPSA) is 95.9 Å². The van der Waals surface area contributed by atoms with Gasteiger partial charge in [0.25, 0.3) is 5.91 Å². The van der Waals surface area contributed by atoms with Crippen LogP contribution in [-0.4, -0.2) is 36.0 Å². The van der Waals surface area contributed by atoms with Crippen molar-refractivity contribution >= 4 is 40.8 Å². The first-order valence-electron chi connectivity index (χ1n) is 7.30. The summed E-state index contributed by atoms with van der Waals surface area (Å²) in [4.78, 5) is 37.3. The van der Waals surface area contributed by atoms with E-state index in [1.54, 1.807) is 24.3 Å². The molecule has 0 unspecified atom stereocenters. The van der Waals surface area contributed by atoms with Gasteiger partial charge in [-0.2, -0.15) is 0 Å². The van der Waals surface area contributed by atoms with E-state index in [4.69, 9.17) is 16.3 Å². The maximum Gasteiger partial charge on any atom is 0.342 e. The van der Waals surface area contributed by atoms with Crippen LogP contribution in [0.15, 0.2) is 42.5 Å². The third kappa shape index (κ3) is 3.56. The predicted molar refractivity (Wildman–Crippen MR) is 90.8 cm³/mol. The molecule has 128 valence electrons. The number of benzene rings is 2. The van der Waals surface area contributed by atoms with Crippen LogP contribution < -0.4 is 10.2 Å². The van der Waals surface area contributed by atoms with Crippen molar-refractivity contribution in [1.82, 2.24) is 0 Å². The molecule has 1 aliphatic heterocycles. The van der Waals surface area contributed by atoms with Crippen molar-refractivity contribution in [3.8, 4) is 5.75 Å². The second kappa shape index (κ2) is 6.82. The Morgan fingerprint density at radius 3 is 2.76 bits per heavy atom. The number of fused-ring (bicyclic) bond motifs is 1. The lowest BCUT2D eigenvalue weighted by atomic mass is 10.2. The summed E-state index contributed by atoms with van der Waals surface area (Å²) in [6.45, 7) is -0.734. The van der Waals surface area contributed by atoms with E-state index in [1.165, 1.54) is 23.1 Å². The van der Waals surface area contributed by atoms with Crippen molar-refractivity contribution in [1.29, 1.82) is 0 Å². The van der Waals surface area contributed by atoms with Gasteiger partial charge in [0.15, 0.2) is 6.61 Å². The van der Waals surface area contributed by atoms with E-state index in [9.17, 15) is 19.5 Å². The molecule has 0 aliphatic carbocycles. The minimum absolute atomic E-state index is 0.103. The van der Waals surface area contributed by atoms with Crippen molar-refractivity contribution in [3.63, 3.8) is 0 Å². The Kier molecular flexibility index (Phi) is 4.58. The van der Waals surface area contributed by atoms with Crippen LogP contribution in [0, 0.1) is 0 Å². The van der Waals surface area contributed by atoms with E-state index < -0.39 is 18.5 Å². The second-order valence-electron chi connectivity index (χ2n) is 5.28. The van der Waals surface area contributed by atoms with Gasteiger partial charge in [-0.15, -0.1) is 0 Å². The molecule has 3 rings (SSSR count). The van der Waals surface area contributed by atoms with Gasteiger partial charge in [0, 0.05) is 5.02 Å². The van der Waals surface area contributed by atoms with Crippen LogP contribution in [0.2, 0.25) is 5.02 Å². The van der Waals surface area contributed by atoms with Gasteiger partial charge in [-0.1, -0.05) is 23.7 Å². The molecule has 0 atom stereocenters. The van der Waals surface area contributed by atoms with E-state index in [-0.39, 0.29) is 28.8 Å². The highest BCUT2D eigenvalue weighted by atomic mass is 35.5. The van der Waals surface area contributed by atoms with Crippen LogP contribution >= 0.6 is 11.6 Å². The van der Waals surface area contributed by atoms with E-state index in [2.05, 4.69) is 5.32 Å². The van der Waals surface area contributed by atoms with Crippen molar-refractivity contribution < 1.29 is 24.2 Å². The van der Waals surface area contributed by atoms with Gasteiger partial charge in [-0.3, -0.25) is 14.5 Å². The summed E-state index contributed by atoms with van der Waals surface area (Å²) in [7, 11) is 0. The van der Waals surface area contributed by atoms with E-state index in [0.29, 0.717) is 11.4 Å². The number of phenols is 1. The van der Waals surface area contributed by atoms with Crippen LogP contribution in [0.25, 0.3) is 0 Å². The molecule has 0 saturated carbocycles. The minimum atomic E-state index is -0.864. The molecule has 0 aromatic heterocycles. The Labute approximate surface area is 147 Å². The number of hydrogen-bond donors (Lipinski definition) is 2. The van der Waals surface area contributed by atoms with Crippen molar-refractivity contribution in [2.45, 2.75) is 0 Å². The predicted octanol–water partition coefficient (Wildman–Crippen LogP) is 2.19. The number of aromatic hydroxyl groups is 1. The Bertz CT molecular complexity index is 868. The lowest BCUT2D eigenvalue weighted by Gasteiger charge is -2.28. The Hall–Kier alpha value is -3.06. The van der Waals surface area contributed by atoms with Crippen LogP contribution in [0.5, 0.6) is 5.75 Å². The SMILES string of the molecule is O=C1CN(C(=O)COC(=O)c2ccc(Cl)cc2O)c2ccccc2N1. The van der Waals surface area contributed by atoms with Crippen LogP contribution in [0.3, 0.4) is 0 Å². The number of carbonyl (C=O) groups excluding carboxylic acids is 3. The van der Waals surface area contributed by atoms with Crippen LogP contribution in [0.4, 0.5) is 11.4 Å². The normalized spacial score (nSPS) is 13.0. The zero-order valence-electron chi connectivity index (χ0n) is 12.9. The average molecular weight is 361 g/mol. The first-order chi connectivity index (χ1) is 12.0. The van der Waals surface area contributed by atoms with Gasteiger partial charge in [-0.25, -0.2) is 4.79 Å². The molecule has 0 spiro atoms. The molecule has 0 radical (unpaired) electrons. The molecule has 0 saturated heterocycles. The number of anilines is 2. The van der Waals surface area contributed by atoms with E-state index in [1.807, 2.05) is 0 Å². The number of halogens is 1. The Morgan fingerprint density at radius 2 is 2.00 bits per heavy atom. The standard InChI is InChI=1S/C17H13ClN2O5/c18-10-5-6-11(14(21)7-10)17(24)25-9-16(23)20-8-15(22)19-12-3-1-2-4-13(12)20/h1-7,21H,8-9H2,(H,19,22). The third-order valence-corrected chi connectivity index (χ3v) is 3.81. The molecule has 0 fully saturated rings. The van der Waals surface area contributed by atoms with Gasteiger partial charge in [0.05, 0.1) is 11.4 Å². The number of amides is 2. The summed E-state index contributed by atoms with van der Waals surface area (Å²) in [5, 5.41) is 12.6. The summed E-state index contributed by atoms with van der Waals surface area (Å²) in [6, 6.07) is 10.7. The third-order valence-electron chi connectivity index (χ3n) is 3.58. The number of esters is 1. The smallest absolute Gasteiger partial charge is 0.342 e. The highest BCUT2D eigenvalue weighted by Crippen LogP contribution is 2.29. The number of para-hydroxylation sites is 2. The quantitative estimate of drug-likeness (QED) is 0.818. The number of hydrogen-bond acceptors (Lipinski definition) is 5. The average Bonchev–Trinajstić information content (AvgIpc) is 2.58. The number of phenolic OH excluding ortho intramolecular Hbond substituents is 1. The monoisotopic (exact) mass is 360 g/mol. The molecule has 2 amide bonds. The van der Waals surface area contributed by atoms with Gasteiger partial charge in [0.2, 0.25) is 5.91 Å². The summed E-state index contributed by atoms with van der Waals surface area (Å²) in [6.07, 6.45) is 0. The maximum absolute atomic E-state index is 12.4. The zero-order chi connectivity index (χ0) is 18.0. The highest BCUT2D eigenvalue weighted by molar-refractivity contribution is 6.30. The van der Waals surface area contributed by atoms with Crippen LogP contribution in [-0.2, 0) is 14.3 Å². The number of nitrogens with zero attached hydrogens (tertiary/aromatic N) is 1. The molecule has 8 heteroatoms. The summed E-state index contributed by atoms with van der Waals surface area (Å²) >= 11 is 5.70. The fourth-order valence-corrected chi connectivity index (χ4v) is 2.58. The summed E-state index contributed by atoms with van der Waals surface area (Å²) < 4.78 is 4.95. The molecule has 7 nitrogen and oxygen atoms in total. The van der Waals surface area contributed by atoms with E-state index in [0.717, 1.165) is 0 Å². The van der Waals surface area contributed by atoms with Gasteiger partial charge >= 0.3 is 5.97 Å². The summed E-state index contributed by atoms with van der Waals surface area (Å²) in [5.74, 6) is -2.09. The first-order valence-corrected chi connectivity index (χ1v) is 7.68. The zero-order valence-corrected chi connectivity index (χ0v) is 13.6. The number of ether oxygens (including phenoxy) is 1. The van der Waals surface area contributed by atoms with Crippen molar-refractivity contribution in [2.24, 2.45) is 0 Å². The van der Waals surface area contributed by atoms with Gasteiger partial charge in [0.1, 0.15) is 17.9 Å². The fraction of sp³-hybridized carbons (Fsp3) is 0.118. The minimum Gasteiger partial charge on any atom is -0.507 e. The van der Waals surface area contributed by atoms with Crippen molar-refractivity contribution in [2.75, 3.05) is 23.4 Å². The molecular weight excluding hydrogens is 348 g/mol. The maximum atomic E-state index is 12.4. The fourth-order valence-electron chi connectivity index (χ4n) is 2.42. The highest BCUT2D eigenvalue weighted by Gasteiger charge is 2.27. The molecule has 25 heavy (non-hydrogen) atoms. The van der Waals surface area contributed by atoms with Crippen molar-refractivity contribution in [3.05, 3.63) is 53.1 Å². The largest absolute Gasteiger partial charge is 0.507 e. The Balaban J connectivity index is 1.71. The molecule has 2 aromatic carbocycles. The number of carbonyl (C=O) groups is 3. The molecule has 2 aromatic rings. The number of rotatable bonds is 3. The first kappa shape index (κ1) is 16.8. The molecular formula is C17H13ClN2O5. The Morgan fingerprint density at radius 1 is 1.24 bits per heavy atom. The van der Waals surface area contributed by atoms with E-state index >= 15 is 0 Å². The molecule has 1 heterocycles. The van der Waals surface area contributed by atoms with Crippen LogP contribution in [0.1, 0.15) is 10.4 Å². The number of nitrogens with one attached hydrogen (secondary N) is 1. The summed E-state index contributed by atoms with van der Waals surface area (Å²) in [5.41, 5.74) is 0.931.